The average molecular weight is 214 g/mol. The number of rotatable bonds is 6. The zero-order valence-electron chi connectivity index (χ0n) is 8.74. The van der Waals surface area contributed by atoms with Gasteiger partial charge in [0.05, 0.1) is 20.1 Å². The number of aromatic nitrogens is 3. The summed E-state index contributed by atoms with van der Waals surface area (Å²) in [5.74, 6) is 0.0931. The molecular formula is C8H14N4O3. The predicted molar refractivity (Wildman–Crippen MR) is 52.7 cm³/mol. The third kappa shape index (κ3) is 3.94. The van der Waals surface area contributed by atoms with Gasteiger partial charge in [-0.2, -0.15) is 4.98 Å². The summed E-state index contributed by atoms with van der Waals surface area (Å²) in [7, 11) is 1.45. The lowest BCUT2D eigenvalue weighted by Gasteiger charge is -2.00. The first-order valence-electron chi connectivity index (χ1n) is 4.60. The largest absolute Gasteiger partial charge is 0.466 e. The molecule has 0 saturated heterocycles. The summed E-state index contributed by atoms with van der Waals surface area (Å²) in [6.07, 6.45) is 0.289. The van der Waals surface area contributed by atoms with Gasteiger partial charge in [0, 0.05) is 6.61 Å². The van der Waals surface area contributed by atoms with Gasteiger partial charge in [0.25, 0.3) is 0 Å². The zero-order valence-corrected chi connectivity index (χ0v) is 8.74. The van der Waals surface area contributed by atoms with Gasteiger partial charge >= 0.3 is 6.01 Å². The molecule has 0 radical (unpaired) electrons. The Kier molecular flexibility index (Phi) is 4.55. The molecule has 0 aromatic carbocycles. The van der Waals surface area contributed by atoms with Crippen molar-refractivity contribution >= 4 is 11.9 Å². The van der Waals surface area contributed by atoms with Crippen LogP contribution >= 0.6 is 0 Å². The van der Waals surface area contributed by atoms with Crippen molar-refractivity contribution in [1.29, 1.82) is 0 Å². The van der Waals surface area contributed by atoms with Crippen LogP contribution in [-0.4, -0.2) is 41.4 Å². The van der Waals surface area contributed by atoms with Crippen LogP contribution in [0, 0.1) is 0 Å². The molecule has 7 nitrogen and oxygen atoms in total. The minimum atomic E-state index is -0.178. The number of nitrogens with one attached hydrogen (secondary N) is 2. The van der Waals surface area contributed by atoms with Crippen LogP contribution in [-0.2, 0) is 9.53 Å². The minimum Gasteiger partial charge on any atom is -0.466 e. The van der Waals surface area contributed by atoms with Crippen molar-refractivity contribution in [1.82, 2.24) is 15.2 Å². The lowest BCUT2D eigenvalue weighted by atomic mass is 10.4. The molecule has 1 aromatic rings. The van der Waals surface area contributed by atoms with E-state index < -0.39 is 0 Å². The number of amides is 1. The third-order valence-corrected chi connectivity index (χ3v) is 1.58. The average Bonchev–Trinajstić information content (AvgIpc) is 2.66. The summed E-state index contributed by atoms with van der Waals surface area (Å²) in [4.78, 5) is 15.1. The van der Waals surface area contributed by atoms with Gasteiger partial charge < -0.3 is 9.47 Å². The van der Waals surface area contributed by atoms with Crippen molar-refractivity contribution in [2.75, 3.05) is 25.6 Å². The van der Waals surface area contributed by atoms with Crippen molar-refractivity contribution in [3.05, 3.63) is 0 Å². The Labute approximate surface area is 87.2 Å². The molecule has 15 heavy (non-hydrogen) atoms. The molecule has 0 saturated carbocycles. The van der Waals surface area contributed by atoms with Crippen LogP contribution in [0.4, 0.5) is 5.95 Å². The molecule has 1 rings (SSSR count). The topological polar surface area (TPSA) is 89.1 Å². The van der Waals surface area contributed by atoms with Crippen LogP contribution in [0.2, 0.25) is 0 Å². The molecule has 7 heteroatoms. The van der Waals surface area contributed by atoms with Crippen molar-refractivity contribution in [3.8, 4) is 6.01 Å². The maximum atomic E-state index is 11.3. The zero-order chi connectivity index (χ0) is 11.1. The minimum absolute atomic E-state index is 0.178. The van der Waals surface area contributed by atoms with E-state index in [-0.39, 0.29) is 24.3 Å². The van der Waals surface area contributed by atoms with Crippen LogP contribution in [0.15, 0.2) is 0 Å². The van der Waals surface area contributed by atoms with Crippen molar-refractivity contribution in [2.45, 2.75) is 13.3 Å². The molecule has 0 unspecified atom stereocenters. The van der Waals surface area contributed by atoms with Crippen molar-refractivity contribution in [2.24, 2.45) is 0 Å². The highest BCUT2D eigenvalue weighted by molar-refractivity contribution is 5.88. The first-order valence-corrected chi connectivity index (χ1v) is 4.60. The molecule has 1 amide bonds. The molecule has 0 aliphatic heterocycles. The highest BCUT2D eigenvalue weighted by Gasteiger charge is 2.06. The van der Waals surface area contributed by atoms with Gasteiger partial charge in [0.15, 0.2) is 0 Å². The number of nitrogens with zero attached hydrogens (tertiary/aromatic N) is 2. The Balaban J connectivity index is 2.31. The van der Waals surface area contributed by atoms with Crippen molar-refractivity contribution in [3.63, 3.8) is 0 Å². The Bertz CT molecular complexity index is 313. The fourth-order valence-electron chi connectivity index (χ4n) is 0.897. The second kappa shape index (κ2) is 5.97. The third-order valence-electron chi connectivity index (χ3n) is 1.58. The van der Waals surface area contributed by atoms with E-state index >= 15 is 0 Å². The lowest BCUT2D eigenvalue weighted by molar-refractivity contribution is -0.117. The number of aromatic amines is 1. The quantitative estimate of drug-likeness (QED) is 0.659. The number of carbonyl (C=O) groups is 1. The predicted octanol–water partition coefficient (Wildman–Crippen LogP) is 0.178. The summed E-state index contributed by atoms with van der Waals surface area (Å²) in [6.45, 7) is 2.87. The maximum absolute atomic E-state index is 11.3. The summed E-state index contributed by atoms with van der Waals surface area (Å²) >= 11 is 0. The van der Waals surface area contributed by atoms with Crippen LogP contribution in [0.1, 0.15) is 13.3 Å². The van der Waals surface area contributed by atoms with E-state index in [1.165, 1.54) is 7.11 Å². The SMILES string of the molecule is CCOCCC(=O)Nc1nc(OC)n[nH]1. The van der Waals surface area contributed by atoms with Crippen LogP contribution in [0.5, 0.6) is 6.01 Å². The molecule has 1 heterocycles. The highest BCUT2D eigenvalue weighted by atomic mass is 16.5. The summed E-state index contributed by atoms with van der Waals surface area (Å²) in [6, 6.07) is 0.190. The fraction of sp³-hybridized carbons (Fsp3) is 0.625. The first kappa shape index (κ1) is 11.4. The van der Waals surface area contributed by atoms with Gasteiger partial charge in [-0.15, -0.1) is 5.10 Å². The van der Waals surface area contributed by atoms with Crippen LogP contribution in [0.25, 0.3) is 0 Å². The smallest absolute Gasteiger partial charge is 0.336 e. The van der Waals surface area contributed by atoms with Gasteiger partial charge in [0.2, 0.25) is 11.9 Å². The molecule has 0 aliphatic rings. The monoisotopic (exact) mass is 214 g/mol. The molecule has 84 valence electrons. The lowest BCUT2D eigenvalue weighted by Crippen LogP contribution is -2.15. The Morgan fingerprint density at radius 2 is 2.40 bits per heavy atom. The van der Waals surface area contributed by atoms with E-state index in [9.17, 15) is 4.79 Å². The summed E-state index contributed by atoms with van der Waals surface area (Å²) < 4.78 is 9.78. The van der Waals surface area contributed by atoms with Crippen LogP contribution < -0.4 is 10.1 Å². The van der Waals surface area contributed by atoms with E-state index in [4.69, 9.17) is 9.47 Å². The fourth-order valence-corrected chi connectivity index (χ4v) is 0.897. The van der Waals surface area contributed by atoms with Gasteiger partial charge in [-0.3, -0.25) is 10.1 Å². The number of carbonyl (C=O) groups excluding carboxylic acids is 1. The molecule has 0 fully saturated rings. The summed E-state index contributed by atoms with van der Waals surface area (Å²) in [5, 5.41) is 8.73. The van der Waals surface area contributed by atoms with Crippen LogP contribution in [0.3, 0.4) is 0 Å². The van der Waals surface area contributed by atoms with E-state index in [0.29, 0.717) is 13.2 Å². The number of H-pyrrole nitrogens is 1. The van der Waals surface area contributed by atoms with Gasteiger partial charge in [-0.25, -0.2) is 5.10 Å². The van der Waals surface area contributed by atoms with Crippen molar-refractivity contribution < 1.29 is 14.3 Å². The van der Waals surface area contributed by atoms with E-state index in [2.05, 4.69) is 20.5 Å². The molecule has 0 bridgehead atoms. The van der Waals surface area contributed by atoms with Gasteiger partial charge in [0.1, 0.15) is 0 Å². The Morgan fingerprint density at radius 1 is 1.60 bits per heavy atom. The molecule has 0 atom stereocenters. The normalized spacial score (nSPS) is 10.0. The highest BCUT2D eigenvalue weighted by Crippen LogP contribution is 2.04. The number of hydrogen-bond donors (Lipinski definition) is 2. The van der Waals surface area contributed by atoms with E-state index in [0.717, 1.165) is 0 Å². The molecule has 2 N–H and O–H groups in total. The standard InChI is InChI=1S/C8H14N4O3/c1-3-15-5-4-6(13)9-7-10-8(14-2)12-11-7/h3-5H2,1-2H3,(H2,9,10,11,12,13). The summed E-state index contributed by atoms with van der Waals surface area (Å²) in [5.41, 5.74) is 0. The van der Waals surface area contributed by atoms with E-state index in [1.54, 1.807) is 0 Å². The number of anilines is 1. The molecule has 1 aromatic heterocycles. The molecule has 0 aliphatic carbocycles. The molecule has 0 spiro atoms. The second-order valence-electron chi connectivity index (χ2n) is 2.67. The Hall–Kier alpha value is -1.63. The second-order valence-corrected chi connectivity index (χ2v) is 2.67. The number of methoxy groups -OCH3 is 1. The first-order chi connectivity index (χ1) is 7.26. The van der Waals surface area contributed by atoms with E-state index in [1.807, 2.05) is 6.92 Å². The van der Waals surface area contributed by atoms with Gasteiger partial charge in [-0.05, 0) is 6.92 Å². The number of hydrogen-bond acceptors (Lipinski definition) is 5. The van der Waals surface area contributed by atoms with Gasteiger partial charge in [-0.1, -0.05) is 0 Å². The maximum Gasteiger partial charge on any atom is 0.336 e. The molecular weight excluding hydrogens is 200 g/mol. The Morgan fingerprint density at radius 3 is 3.00 bits per heavy atom. The number of ether oxygens (including phenoxy) is 2.